The number of rotatable bonds is 5. The molecule has 1 atom stereocenters. The second kappa shape index (κ2) is 8.83. The fraction of sp³-hybridized carbons (Fsp3) is 0.462. The molecule has 0 amide bonds. The van der Waals surface area contributed by atoms with Crippen LogP contribution in [0.15, 0.2) is 42.6 Å². The number of aromatic nitrogens is 2. The minimum absolute atomic E-state index is 0.790. The number of nitrogens with one attached hydrogen (secondary N) is 1. The summed E-state index contributed by atoms with van der Waals surface area (Å²) in [5, 5.41) is 4.67. The molecule has 5 nitrogen and oxygen atoms in total. The minimum Gasteiger partial charge on any atom is -0.371 e. The molecule has 2 aromatic heterocycles. The summed E-state index contributed by atoms with van der Waals surface area (Å²) in [7, 11) is 0. The number of aryl methyl sites for hydroxylation is 1. The Labute approximate surface area is 185 Å². The molecule has 4 heterocycles. The highest BCUT2D eigenvalue weighted by Crippen LogP contribution is 2.35. The van der Waals surface area contributed by atoms with Gasteiger partial charge in [0.15, 0.2) is 0 Å². The van der Waals surface area contributed by atoms with Gasteiger partial charge in [-0.05, 0) is 48.6 Å². The van der Waals surface area contributed by atoms with Gasteiger partial charge in [-0.2, -0.15) is 0 Å². The predicted molar refractivity (Wildman–Crippen MR) is 130 cm³/mol. The molecule has 1 N–H and O–H groups in total. The standard InChI is InChI=1S/C26H33N5/c1-3-19-5-7-22-24(15-19)29-25(16-26(22)31-12-9-20(4-2)18-31)23-8-6-21(17-28-23)30-13-10-27-11-14-30/h5-8,15-17,20,27H,3-4,9-14,18H2,1-2H3. The first-order valence-electron chi connectivity index (χ1n) is 11.9. The average molecular weight is 416 g/mol. The third kappa shape index (κ3) is 4.11. The van der Waals surface area contributed by atoms with Gasteiger partial charge in [0.1, 0.15) is 0 Å². The van der Waals surface area contributed by atoms with Gasteiger partial charge in [-0.1, -0.05) is 32.4 Å². The molecular formula is C26H33N5. The summed E-state index contributed by atoms with van der Waals surface area (Å²) in [5.41, 5.74) is 6.85. The maximum absolute atomic E-state index is 5.05. The molecule has 2 fully saturated rings. The summed E-state index contributed by atoms with van der Waals surface area (Å²) < 4.78 is 0. The van der Waals surface area contributed by atoms with Crippen molar-refractivity contribution >= 4 is 22.3 Å². The Kier molecular flexibility index (Phi) is 5.77. The Morgan fingerprint density at radius 2 is 1.84 bits per heavy atom. The monoisotopic (exact) mass is 415 g/mol. The second-order valence-corrected chi connectivity index (χ2v) is 8.88. The Morgan fingerprint density at radius 3 is 2.55 bits per heavy atom. The van der Waals surface area contributed by atoms with Gasteiger partial charge in [-0.3, -0.25) is 4.98 Å². The quantitative estimate of drug-likeness (QED) is 0.664. The normalized spacial score (nSPS) is 19.4. The molecule has 3 aromatic rings. The van der Waals surface area contributed by atoms with Crippen LogP contribution in [0.25, 0.3) is 22.3 Å². The van der Waals surface area contributed by atoms with Gasteiger partial charge in [0.25, 0.3) is 0 Å². The lowest BCUT2D eigenvalue weighted by Gasteiger charge is -2.29. The van der Waals surface area contributed by atoms with Crippen molar-refractivity contribution < 1.29 is 0 Å². The molecule has 0 bridgehead atoms. The maximum atomic E-state index is 5.05. The molecule has 5 rings (SSSR count). The topological polar surface area (TPSA) is 44.3 Å². The van der Waals surface area contributed by atoms with E-state index in [1.165, 1.54) is 35.2 Å². The van der Waals surface area contributed by atoms with E-state index in [1.807, 2.05) is 6.20 Å². The van der Waals surface area contributed by atoms with E-state index < -0.39 is 0 Å². The zero-order valence-corrected chi connectivity index (χ0v) is 18.8. The number of benzene rings is 1. The first-order valence-corrected chi connectivity index (χ1v) is 11.9. The summed E-state index contributed by atoms with van der Waals surface area (Å²) in [5.74, 6) is 0.790. The van der Waals surface area contributed by atoms with Crippen molar-refractivity contribution in [2.45, 2.75) is 33.1 Å². The molecule has 0 spiro atoms. The third-order valence-electron chi connectivity index (χ3n) is 6.96. The molecule has 1 unspecified atom stereocenters. The summed E-state index contributed by atoms with van der Waals surface area (Å²) in [6, 6.07) is 13.4. The Morgan fingerprint density at radius 1 is 0.968 bits per heavy atom. The lowest BCUT2D eigenvalue weighted by atomic mass is 10.1. The van der Waals surface area contributed by atoms with Gasteiger partial charge in [-0.25, -0.2) is 4.98 Å². The van der Waals surface area contributed by atoms with E-state index in [4.69, 9.17) is 9.97 Å². The molecule has 2 saturated heterocycles. The zero-order chi connectivity index (χ0) is 21.2. The molecule has 31 heavy (non-hydrogen) atoms. The molecule has 0 saturated carbocycles. The average Bonchev–Trinajstić information content (AvgIpc) is 3.33. The van der Waals surface area contributed by atoms with E-state index in [9.17, 15) is 0 Å². The maximum Gasteiger partial charge on any atom is 0.0914 e. The van der Waals surface area contributed by atoms with Gasteiger partial charge < -0.3 is 15.1 Å². The largest absolute Gasteiger partial charge is 0.371 e. The van der Waals surface area contributed by atoms with Crippen molar-refractivity contribution in [3.05, 3.63) is 48.2 Å². The van der Waals surface area contributed by atoms with Crippen molar-refractivity contribution in [1.82, 2.24) is 15.3 Å². The minimum atomic E-state index is 0.790. The van der Waals surface area contributed by atoms with Crippen LogP contribution in [0.1, 0.15) is 32.3 Å². The fourth-order valence-electron chi connectivity index (χ4n) is 4.90. The lowest BCUT2D eigenvalue weighted by molar-refractivity contribution is 0.569. The number of hydrogen-bond acceptors (Lipinski definition) is 5. The smallest absolute Gasteiger partial charge is 0.0914 e. The van der Waals surface area contributed by atoms with Crippen LogP contribution >= 0.6 is 0 Å². The second-order valence-electron chi connectivity index (χ2n) is 8.88. The first kappa shape index (κ1) is 20.3. The Balaban J connectivity index is 1.53. The Hall–Kier alpha value is -2.66. The van der Waals surface area contributed by atoms with Gasteiger partial charge in [0.2, 0.25) is 0 Å². The van der Waals surface area contributed by atoms with Crippen LogP contribution in [0.3, 0.4) is 0 Å². The number of piperazine rings is 1. The van der Waals surface area contributed by atoms with Crippen LogP contribution in [0.4, 0.5) is 11.4 Å². The highest BCUT2D eigenvalue weighted by atomic mass is 15.2. The molecule has 0 aliphatic carbocycles. The number of hydrogen-bond donors (Lipinski definition) is 1. The third-order valence-corrected chi connectivity index (χ3v) is 6.96. The van der Waals surface area contributed by atoms with E-state index in [0.717, 1.165) is 68.5 Å². The van der Waals surface area contributed by atoms with E-state index in [1.54, 1.807) is 0 Å². The Bertz CT molecular complexity index is 1040. The van der Waals surface area contributed by atoms with Crippen molar-refractivity contribution in [2.24, 2.45) is 5.92 Å². The highest BCUT2D eigenvalue weighted by molar-refractivity contribution is 5.94. The van der Waals surface area contributed by atoms with E-state index in [-0.39, 0.29) is 0 Å². The van der Waals surface area contributed by atoms with Gasteiger partial charge in [0.05, 0.1) is 28.8 Å². The molecule has 1 aromatic carbocycles. The van der Waals surface area contributed by atoms with E-state index in [2.05, 4.69) is 65.4 Å². The van der Waals surface area contributed by atoms with Gasteiger partial charge in [-0.15, -0.1) is 0 Å². The lowest BCUT2D eigenvalue weighted by Crippen LogP contribution is -2.43. The molecule has 2 aliphatic rings. The van der Waals surface area contributed by atoms with Crippen LogP contribution in [-0.4, -0.2) is 49.2 Å². The molecule has 162 valence electrons. The molecular weight excluding hydrogens is 382 g/mol. The van der Waals surface area contributed by atoms with Crippen LogP contribution in [0.5, 0.6) is 0 Å². The fourth-order valence-corrected chi connectivity index (χ4v) is 4.90. The van der Waals surface area contributed by atoms with Crippen LogP contribution in [-0.2, 0) is 6.42 Å². The highest BCUT2D eigenvalue weighted by Gasteiger charge is 2.24. The van der Waals surface area contributed by atoms with E-state index >= 15 is 0 Å². The molecule has 5 heteroatoms. The van der Waals surface area contributed by atoms with Crippen molar-refractivity contribution in [3.63, 3.8) is 0 Å². The first-order chi connectivity index (χ1) is 15.2. The van der Waals surface area contributed by atoms with Gasteiger partial charge in [0, 0.05) is 50.3 Å². The number of nitrogens with zero attached hydrogens (tertiary/aromatic N) is 4. The summed E-state index contributed by atoms with van der Waals surface area (Å²) in [6.45, 7) is 10.9. The number of pyridine rings is 2. The van der Waals surface area contributed by atoms with Crippen molar-refractivity contribution in [3.8, 4) is 11.4 Å². The van der Waals surface area contributed by atoms with Crippen LogP contribution < -0.4 is 15.1 Å². The summed E-state index contributed by atoms with van der Waals surface area (Å²) in [4.78, 5) is 14.8. The predicted octanol–water partition coefficient (Wildman–Crippen LogP) is 4.51. The zero-order valence-electron chi connectivity index (χ0n) is 18.8. The summed E-state index contributed by atoms with van der Waals surface area (Å²) in [6.07, 6.45) is 5.57. The van der Waals surface area contributed by atoms with Crippen LogP contribution in [0.2, 0.25) is 0 Å². The van der Waals surface area contributed by atoms with Gasteiger partial charge >= 0.3 is 0 Å². The SMILES string of the molecule is CCc1ccc2c(N3CCC(CC)C3)cc(-c3ccc(N4CCNCC4)cn3)nc2c1. The van der Waals surface area contributed by atoms with Crippen LogP contribution in [0, 0.1) is 5.92 Å². The van der Waals surface area contributed by atoms with Crippen molar-refractivity contribution in [1.29, 1.82) is 0 Å². The molecule has 2 aliphatic heterocycles. The number of fused-ring (bicyclic) bond motifs is 1. The number of anilines is 2. The van der Waals surface area contributed by atoms with E-state index in [0.29, 0.717) is 0 Å². The van der Waals surface area contributed by atoms with Crippen molar-refractivity contribution in [2.75, 3.05) is 49.1 Å². The molecule has 0 radical (unpaired) electrons. The summed E-state index contributed by atoms with van der Waals surface area (Å²) >= 11 is 0.